The normalized spacial score (nSPS) is 26.9. The monoisotopic (exact) mass is 411 g/mol. The van der Waals surface area contributed by atoms with Crippen LogP contribution < -0.4 is 14.8 Å². The molecule has 2 heterocycles. The molecule has 1 fully saturated rings. The maximum Gasteiger partial charge on any atom is 0.328 e. The third-order valence-electron chi connectivity index (χ3n) is 7.13. The highest BCUT2D eigenvalue weighted by molar-refractivity contribution is 5.79. The zero-order chi connectivity index (χ0) is 21.3. The smallest absolute Gasteiger partial charge is 0.328 e. The lowest BCUT2D eigenvalue weighted by Crippen LogP contribution is -2.45. The Labute approximate surface area is 181 Å². The van der Waals surface area contributed by atoms with E-state index in [4.69, 9.17) is 9.47 Å². The number of aryl methyl sites for hydroxylation is 1. The van der Waals surface area contributed by atoms with E-state index < -0.39 is 0 Å². The Morgan fingerprint density at radius 1 is 1.27 bits per heavy atom. The minimum absolute atomic E-state index is 0.154. The molecule has 1 aliphatic carbocycles. The fourth-order valence-electron chi connectivity index (χ4n) is 5.43. The topological polar surface area (TPSA) is 47.6 Å². The lowest BCUT2D eigenvalue weighted by atomic mass is 9.68. The van der Waals surface area contributed by atoms with E-state index in [1.807, 2.05) is 0 Å². The summed E-state index contributed by atoms with van der Waals surface area (Å²) >= 11 is 0. The number of hydrogen-bond acceptors (Lipinski definition) is 4. The van der Waals surface area contributed by atoms with Crippen LogP contribution in [0.5, 0.6) is 11.5 Å². The molecule has 164 valence electrons. The Bertz CT molecular complexity index is 820. The van der Waals surface area contributed by atoms with E-state index in [9.17, 15) is 4.79 Å². The fourth-order valence-corrected chi connectivity index (χ4v) is 5.43. The number of ether oxygens (including phenoxy) is 2. The van der Waals surface area contributed by atoms with Crippen LogP contribution in [-0.2, 0) is 11.2 Å². The summed E-state index contributed by atoms with van der Waals surface area (Å²) in [6.07, 6.45) is 11.0. The molecule has 0 spiro atoms. The lowest BCUT2D eigenvalue weighted by Gasteiger charge is -2.46. The number of nitrogens with one attached hydrogen (secondary N) is 1. The van der Waals surface area contributed by atoms with Crippen LogP contribution in [0.2, 0.25) is 0 Å². The molecule has 4 rings (SSSR count). The van der Waals surface area contributed by atoms with Crippen molar-refractivity contribution < 1.29 is 14.3 Å². The van der Waals surface area contributed by atoms with Crippen LogP contribution in [0.1, 0.15) is 89.7 Å². The average molecular weight is 412 g/mol. The quantitative estimate of drug-likeness (QED) is 0.283. The highest BCUT2D eigenvalue weighted by Crippen LogP contribution is 2.53. The van der Waals surface area contributed by atoms with Gasteiger partial charge in [0.15, 0.2) is 0 Å². The molecule has 30 heavy (non-hydrogen) atoms. The number of hydrogen-bond donors (Lipinski definition) is 1. The van der Waals surface area contributed by atoms with Gasteiger partial charge in [-0.3, -0.25) is 0 Å². The Hall–Kier alpha value is -1.81. The van der Waals surface area contributed by atoms with Crippen molar-refractivity contribution in [1.29, 1.82) is 0 Å². The second-order valence-corrected chi connectivity index (χ2v) is 9.92. The molecular formula is C26H37NO3. The first-order chi connectivity index (χ1) is 14.4. The molecular weight excluding hydrogens is 374 g/mol. The number of benzene rings is 1. The molecule has 0 radical (unpaired) electrons. The van der Waals surface area contributed by atoms with Crippen LogP contribution in [0.15, 0.2) is 23.8 Å². The molecule has 0 amide bonds. The van der Waals surface area contributed by atoms with E-state index in [0.29, 0.717) is 11.7 Å². The summed E-state index contributed by atoms with van der Waals surface area (Å²) in [5.41, 5.74) is 3.46. The van der Waals surface area contributed by atoms with Crippen molar-refractivity contribution in [3.05, 3.63) is 34.9 Å². The molecule has 1 aromatic rings. The summed E-state index contributed by atoms with van der Waals surface area (Å²) in [4.78, 5) is 12.9. The summed E-state index contributed by atoms with van der Waals surface area (Å²) < 4.78 is 12.7. The summed E-state index contributed by atoms with van der Waals surface area (Å²) in [5, 5.41) is 3.27. The van der Waals surface area contributed by atoms with Gasteiger partial charge < -0.3 is 14.8 Å². The first-order valence-corrected chi connectivity index (χ1v) is 11.9. The van der Waals surface area contributed by atoms with Gasteiger partial charge in [0.05, 0.1) is 0 Å². The number of rotatable bonds is 6. The lowest BCUT2D eigenvalue weighted by molar-refractivity contribution is -0.136. The van der Waals surface area contributed by atoms with Gasteiger partial charge in [0, 0.05) is 17.4 Å². The van der Waals surface area contributed by atoms with Gasteiger partial charge in [-0.05, 0) is 83.5 Å². The molecule has 2 aliphatic heterocycles. The SMILES string of the molecule is CCCCCc1cc(OC(=O)C2CCCN2)c2c(c1)OC(C)(C)C1CCC(C)=C[C@@H]21. The van der Waals surface area contributed by atoms with E-state index in [1.165, 1.54) is 24.0 Å². The third-order valence-corrected chi connectivity index (χ3v) is 7.13. The van der Waals surface area contributed by atoms with Crippen LogP contribution in [-0.4, -0.2) is 24.2 Å². The predicted octanol–water partition coefficient (Wildman–Crippen LogP) is 5.69. The number of esters is 1. The number of carbonyl (C=O) groups excluding carboxylic acids is 1. The van der Waals surface area contributed by atoms with E-state index >= 15 is 0 Å². The molecule has 4 nitrogen and oxygen atoms in total. The van der Waals surface area contributed by atoms with Crippen molar-refractivity contribution in [2.24, 2.45) is 5.92 Å². The minimum atomic E-state index is -0.231. The van der Waals surface area contributed by atoms with Gasteiger partial charge in [0.1, 0.15) is 23.1 Å². The van der Waals surface area contributed by atoms with Gasteiger partial charge >= 0.3 is 5.97 Å². The van der Waals surface area contributed by atoms with Crippen molar-refractivity contribution in [2.45, 2.75) is 96.6 Å². The van der Waals surface area contributed by atoms with Gasteiger partial charge in [0.2, 0.25) is 0 Å². The zero-order valence-corrected chi connectivity index (χ0v) is 19.1. The van der Waals surface area contributed by atoms with Crippen molar-refractivity contribution in [2.75, 3.05) is 6.54 Å². The maximum atomic E-state index is 12.9. The molecule has 4 heteroatoms. The largest absolute Gasteiger partial charge is 0.487 e. The van der Waals surface area contributed by atoms with Crippen LogP contribution in [0.3, 0.4) is 0 Å². The average Bonchev–Trinajstić information content (AvgIpc) is 3.22. The van der Waals surface area contributed by atoms with Gasteiger partial charge in [-0.25, -0.2) is 4.79 Å². The number of fused-ring (bicyclic) bond motifs is 3. The summed E-state index contributed by atoms with van der Waals surface area (Å²) in [6.45, 7) is 9.74. The molecule has 0 saturated carbocycles. The van der Waals surface area contributed by atoms with E-state index in [2.05, 4.69) is 51.2 Å². The molecule has 3 aliphatic rings. The maximum absolute atomic E-state index is 12.9. The van der Waals surface area contributed by atoms with Crippen molar-refractivity contribution >= 4 is 5.97 Å². The standard InChI is InChI=1S/C26H37NO3/c1-5-6-7-9-18-15-22(29-25(28)21-10-8-13-27-21)24-19-14-17(2)11-12-20(19)26(3,4)30-23(24)16-18/h14-16,19-21,27H,5-13H2,1-4H3/t19-,20?,21?/m1/s1. The molecule has 1 saturated heterocycles. The van der Waals surface area contributed by atoms with E-state index in [-0.39, 0.29) is 23.5 Å². The second-order valence-electron chi connectivity index (χ2n) is 9.92. The third kappa shape index (κ3) is 4.30. The zero-order valence-electron chi connectivity index (χ0n) is 19.1. The van der Waals surface area contributed by atoms with Crippen LogP contribution in [0.25, 0.3) is 0 Å². The van der Waals surface area contributed by atoms with Crippen LogP contribution in [0, 0.1) is 5.92 Å². The first-order valence-electron chi connectivity index (χ1n) is 11.9. The Balaban J connectivity index is 1.74. The van der Waals surface area contributed by atoms with Gasteiger partial charge in [-0.2, -0.15) is 0 Å². The molecule has 1 aromatic carbocycles. The van der Waals surface area contributed by atoms with Crippen LogP contribution >= 0.6 is 0 Å². The number of allylic oxidation sites excluding steroid dienone is 2. The fraction of sp³-hybridized carbons (Fsp3) is 0.654. The van der Waals surface area contributed by atoms with Crippen molar-refractivity contribution in [3.8, 4) is 11.5 Å². The summed E-state index contributed by atoms with van der Waals surface area (Å²) in [6, 6.07) is 4.12. The van der Waals surface area contributed by atoms with Gasteiger partial charge in [-0.15, -0.1) is 0 Å². The highest BCUT2D eigenvalue weighted by atomic mass is 16.5. The number of unbranched alkanes of at least 4 members (excludes halogenated alkanes) is 2. The minimum Gasteiger partial charge on any atom is -0.487 e. The van der Waals surface area contributed by atoms with E-state index in [1.54, 1.807) is 0 Å². The summed E-state index contributed by atoms with van der Waals surface area (Å²) in [7, 11) is 0. The van der Waals surface area contributed by atoms with Crippen molar-refractivity contribution in [1.82, 2.24) is 5.32 Å². The molecule has 0 bridgehead atoms. The van der Waals surface area contributed by atoms with Gasteiger partial charge in [-0.1, -0.05) is 31.4 Å². The Morgan fingerprint density at radius 3 is 2.83 bits per heavy atom. The molecule has 1 N–H and O–H groups in total. The van der Waals surface area contributed by atoms with Crippen LogP contribution in [0.4, 0.5) is 0 Å². The van der Waals surface area contributed by atoms with E-state index in [0.717, 1.165) is 56.4 Å². The second kappa shape index (κ2) is 8.74. The Kier molecular flexibility index (Phi) is 6.24. The molecule has 0 aromatic heterocycles. The summed E-state index contributed by atoms with van der Waals surface area (Å²) in [5.74, 6) is 2.10. The molecule has 3 atom stereocenters. The highest BCUT2D eigenvalue weighted by Gasteiger charge is 2.45. The Morgan fingerprint density at radius 2 is 2.10 bits per heavy atom. The number of carbonyl (C=O) groups is 1. The predicted molar refractivity (Wildman–Crippen MR) is 120 cm³/mol. The van der Waals surface area contributed by atoms with Crippen molar-refractivity contribution in [3.63, 3.8) is 0 Å². The molecule has 2 unspecified atom stereocenters. The van der Waals surface area contributed by atoms with Gasteiger partial charge in [0.25, 0.3) is 0 Å². The first kappa shape index (κ1) is 21.4.